The van der Waals surface area contributed by atoms with Crippen molar-refractivity contribution >= 4 is 17.0 Å². The van der Waals surface area contributed by atoms with Crippen LogP contribution in [0.1, 0.15) is 59.1 Å². The molecule has 0 aliphatic rings. The molecule has 0 unspecified atom stereocenters. The Morgan fingerprint density at radius 2 is 1.85 bits per heavy atom. The Morgan fingerprint density at radius 1 is 1.15 bits per heavy atom. The van der Waals surface area contributed by atoms with Gasteiger partial charge in [-0.05, 0) is 77.6 Å². The van der Waals surface area contributed by atoms with Crippen molar-refractivity contribution in [3.63, 3.8) is 0 Å². The first kappa shape index (κ1) is 21.4. The maximum absolute atomic E-state index is 12.6. The van der Waals surface area contributed by atoms with Crippen molar-refractivity contribution in [3.8, 4) is 0 Å². The number of carbonyl (C=O) groups is 1. The topological polar surface area (TPSA) is 69.9 Å². The van der Waals surface area contributed by atoms with Gasteiger partial charge in [0.05, 0.1) is 17.7 Å². The molecule has 1 aromatic heterocycles. The van der Waals surface area contributed by atoms with Gasteiger partial charge in [0.25, 0.3) is 0 Å². The first-order chi connectivity index (χ1) is 12.5. The molecule has 0 radical (unpaired) electrons. The Balaban J connectivity index is 2.42. The van der Waals surface area contributed by atoms with Crippen LogP contribution in [-0.2, 0) is 27.5 Å². The van der Waals surface area contributed by atoms with E-state index in [9.17, 15) is 9.90 Å². The molecule has 0 aliphatic heterocycles. The van der Waals surface area contributed by atoms with Crippen molar-refractivity contribution in [1.82, 2.24) is 4.57 Å². The number of nitrogens with zero attached hydrogens (tertiary/aromatic N) is 1. The van der Waals surface area contributed by atoms with E-state index in [1.807, 2.05) is 45.9 Å². The number of aliphatic hydroxyl groups is 1. The minimum atomic E-state index is -0.766. The van der Waals surface area contributed by atoms with Gasteiger partial charge in [0.1, 0.15) is 12.2 Å². The Labute approximate surface area is 161 Å². The average Bonchev–Trinajstić information content (AvgIpc) is 2.94. The van der Waals surface area contributed by atoms with Gasteiger partial charge in [-0.2, -0.15) is 0 Å². The molecular formula is C21H31NO5. The second-order valence-electron chi connectivity index (χ2n) is 8.33. The Hall–Kier alpha value is -1.89. The number of benzene rings is 1. The molecule has 0 fully saturated rings. The zero-order chi connectivity index (χ0) is 20.2. The lowest BCUT2D eigenvalue weighted by Crippen LogP contribution is -2.26. The molecular weight excluding hydrogens is 346 g/mol. The molecule has 150 valence electrons. The molecule has 1 N–H and O–H groups in total. The quantitative estimate of drug-likeness (QED) is 0.434. The fourth-order valence-electron chi connectivity index (χ4n) is 2.78. The van der Waals surface area contributed by atoms with Crippen molar-refractivity contribution in [2.24, 2.45) is 0 Å². The van der Waals surface area contributed by atoms with Gasteiger partial charge >= 0.3 is 6.09 Å². The van der Waals surface area contributed by atoms with Gasteiger partial charge in [0.2, 0.25) is 0 Å². The van der Waals surface area contributed by atoms with Crippen LogP contribution in [-0.4, -0.2) is 33.6 Å². The smallest absolute Gasteiger partial charge is 0.418 e. The van der Waals surface area contributed by atoms with Gasteiger partial charge in [-0.1, -0.05) is 6.07 Å². The third-order valence-corrected chi connectivity index (χ3v) is 3.98. The van der Waals surface area contributed by atoms with Crippen LogP contribution >= 0.6 is 0 Å². The third kappa shape index (κ3) is 6.34. The molecule has 1 heterocycles. The fraction of sp³-hybridized carbons (Fsp3) is 0.571. The van der Waals surface area contributed by atoms with Crippen LogP contribution in [0.5, 0.6) is 0 Å². The number of aryl methyl sites for hydroxylation is 1. The summed E-state index contributed by atoms with van der Waals surface area (Å²) in [5.41, 5.74) is 1.36. The zero-order valence-electron chi connectivity index (χ0n) is 17.2. The monoisotopic (exact) mass is 377 g/mol. The van der Waals surface area contributed by atoms with E-state index in [2.05, 4.69) is 0 Å². The first-order valence-electron chi connectivity index (χ1n) is 9.33. The molecule has 1 aromatic carbocycles. The maximum Gasteiger partial charge on any atom is 0.418 e. The van der Waals surface area contributed by atoms with Crippen LogP contribution < -0.4 is 0 Å². The molecule has 0 bridgehead atoms. The molecule has 0 aliphatic carbocycles. The van der Waals surface area contributed by atoms with Crippen LogP contribution in [0.25, 0.3) is 10.9 Å². The predicted octanol–water partition coefficient (Wildman–Crippen LogP) is 4.60. The second-order valence-corrected chi connectivity index (χ2v) is 8.33. The molecule has 6 nitrogen and oxygen atoms in total. The van der Waals surface area contributed by atoms with Gasteiger partial charge in [0.15, 0.2) is 0 Å². The fourth-order valence-corrected chi connectivity index (χ4v) is 2.78. The Morgan fingerprint density at radius 3 is 2.44 bits per heavy atom. The highest BCUT2D eigenvalue weighted by atomic mass is 17.2. The summed E-state index contributed by atoms with van der Waals surface area (Å²) >= 11 is 0. The number of hydrogen-bond acceptors (Lipinski definition) is 5. The number of aromatic nitrogens is 1. The lowest BCUT2D eigenvalue weighted by Gasteiger charge is -2.20. The Kier molecular flexibility index (Phi) is 6.68. The second kappa shape index (κ2) is 8.42. The van der Waals surface area contributed by atoms with Crippen LogP contribution in [0.15, 0.2) is 24.4 Å². The van der Waals surface area contributed by atoms with Gasteiger partial charge in [-0.3, -0.25) is 4.57 Å². The molecule has 0 saturated heterocycles. The number of carbonyl (C=O) groups excluding carboxylic acids is 1. The van der Waals surface area contributed by atoms with E-state index in [0.29, 0.717) is 19.4 Å². The number of fused-ring (bicyclic) bond motifs is 1. The minimum absolute atomic E-state index is 0.277. The molecule has 27 heavy (non-hydrogen) atoms. The van der Waals surface area contributed by atoms with E-state index < -0.39 is 17.3 Å². The maximum atomic E-state index is 12.6. The molecule has 0 atom stereocenters. The summed E-state index contributed by atoms with van der Waals surface area (Å²) in [6.07, 6.45) is 2.59. The summed E-state index contributed by atoms with van der Waals surface area (Å²) in [4.78, 5) is 22.8. The molecule has 0 amide bonds. The summed E-state index contributed by atoms with van der Waals surface area (Å²) in [6.45, 7) is 11.7. The number of hydrogen-bond donors (Lipinski definition) is 1. The van der Waals surface area contributed by atoms with E-state index in [1.165, 1.54) is 4.57 Å². The summed E-state index contributed by atoms with van der Waals surface area (Å²) in [6, 6.07) is 5.85. The van der Waals surface area contributed by atoms with E-state index in [0.717, 1.165) is 22.0 Å². The molecule has 0 spiro atoms. The lowest BCUT2D eigenvalue weighted by atomic mass is 9.95. The summed E-state index contributed by atoms with van der Waals surface area (Å²) in [5, 5.41) is 11.1. The lowest BCUT2D eigenvalue weighted by molar-refractivity contribution is -0.300. The normalized spacial score (nSPS) is 12.6. The molecule has 0 saturated carbocycles. The summed E-state index contributed by atoms with van der Waals surface area (Å²) in [5.74, 6) is 0. The number of rotatable bonds is 7. The van der Waals surface area contributed by atoms with Gasteiger partial charge in [-0.15, -0.1) is 0 Å². The highest BCUT2D eigenvalue weighted by Crippen LogP contribution is 2.27. The van der Waals surface area contributed by atoms with Gasteiger partial charge in [0, 0.05) is 11.6 Å². The van der Waals surface area contributed by atoms with Crippen LogP contribution in [0.4, 0.5) is 4.79 Å². The highest BCUT2D eigenvalue weighted by molar-refractivity contribution is 5.92. The van der Waals surface area contributed by atoms with E-state index in [4.69, 9.17) is 14.5 Å². The number of ether oxygens (including phenoxy) is 1. The van der Waals surface area contributed by atoms with Crippen molar-refractivity contribution in [2.45, 2.75) is 72.2 Å². The van der Waals surface area contributed by atoms with Crippen LogP contribution in [0.2, 0.25) is 0 Å². The van der Waals surface area contributed by atoms with Gasteiger partial charge in [-0.25, -0.2) is 14.6 Å². The van der Waals surface area contributed by atoms with Crippen molar-refractivity contribution in [1.29, 1.82) is 0 Å². The van der Waals surface area contributed by atoms with Crippen molar-refractivity contribution in [3.05, 3.63) is 35.5 Å². The van der Waals surface area contributed by atoms with E-state index in [1.54, 1.807) is 20.0 Å². The minimum Gasteiger partial charge on any atom is -0.443 e. The van der Waals surface area contributed by atoms with E-state index in [-0.39, 0.29) is 6.61 Å². The average molecular weight is 377 g/mol. The highest BCUT2D eigenvalue weighted by Gasteiger charge is 2.21. The largest absolute Gasteiger partial charge is 0.443 e. The van der Waals surface area contributed by atoms with Crippen LogP contribution in [0, 0.1) is 0 Å². The van der Waals surface area contributed by atoms with Gasteiger partial charge < -0.3 is 9.84 Å². The molecule has 2 rings (SSSR count). The summed E-state index contributed by atoms with van der Waals surface area (Å²) in [7, 11) is 0. The first-order valence-corrected chi connectivity index (χ1v) is 9.33. The van der Waals surface area contributed by atoms with Crippen molar-refractivity contribution in [2.75, 3.05) is 6.61 Å². The van der Waals surface area contributed by atoms with Crippen LogP contribution in [0.3, 0.4) is 0 Å². The summed E-state index contributed by atoms with van der Waals surface area (Å²) < 4.78 is 7.02. The molecule has 6 heteroatoms. The molecule has 2 aromatic rings. The SMILES string of the molecule is CCOOCc1cc(CCC(C)(C)O)c2ccn(C(=O)OC(C)(C)C)c2c1. The Bertz CT molecular complexity index is 780. The zero-order valence-corrected chi connectivity index (χ0v) is 17.2. The van der Waals surface area contributed by atoms with Crippen molar-refractivity contribution < 1.29 is 24.4 Å². The predicted molar refractivity (Wildman–Crippen MR) is 105 cm³/mol. The standard InChI is InChI=1S/C21H31NO5/c1-7-25-26-14-15-12-16(8-10-21(5,6)24)17-9-11-22(18(17)13-15)19(23)27-20(2,3)4/h9,11-13,24H,7-8,10,14H2,1-6H3. The third-order valence-electron chi connectivity index (χ3n) is 3.98. The van der Waals surface area contributed by atoms with E-state index >= 15 is 0 Å².